The quantitative estimate of drug-likeness (QED) is 0.715. The number of hydrogen-bond acceptors (Lipinski definition) is 3. The lowest BCUT2D eigenvalue weighted by Gasteiger charge is -2.36. The van der Waals surface area contributed by atoms with E-state index in [1.54, 1.807) is 6.33 Å². The van der Waals surface area contributed by atoms with E-state index in [-0.39, 0.29) is 0 Å². The van der Waals surface area contributed by atoms with Gasteiger partial charge in [-0.1, -0.05) is 6.42 Å². The zero-order chi connectivity index (χ0) is 11.4. The van der Waals surface area contributed by atoms with Crippen LogP contribution in [0.4, 0.5) is 0 Å². The average molecular weight is 243 g/mol. The van der Waals surface area contributed by atoms with Crippen LogP contribution in [0, 0.1) is 0 Å². The van der Waals surface area contributed by atoms with Crippen LogP contribution in [0.15, 0.2) is 6.33 Å². The van der Waals surface area contributed by atoms with Gasteiger partial charge in [0.1, 0.15) is 12.2 Å². The molecule has 0 aromatic carbocycles. The van der Waals surface area contributed by atoms with Gasteiger partial charge < -0.3 is 0 Å². The molecule has 16 heavy (non-hydrogen) atoms. The molecule has 0 radical (unpaired) electrons. The first-order valence-corrected chi connectivity index (χ1v) is 6.55. The number of halogens is 1. The van der Waals surface area contributed by atoms with Crippen LogP contribution in [-0.2, 0) is 13.1 Å². The number of nitrogens with zero attached hydrogens (tertiary/aromatic N) is 4. The summed E-state index contributed by atoms with van der Waals surface area (Å²) in [7, 11) is 0. The predicted octanol–water partition coefficient (Wildman–Crippen LogP) is 1.89. The van der Waals surface area contributed by atoms with E-state index in [1.165, 1.54) is 19.3 Å². The Labute approximate surface area is 102 Å². The molecule has 1 fully saturated rings. The fraction of sp³-hybridized carbons (Fsp3) is 0.818. The minimum Gasteiger partial charge on any atom is -0.292 e. The molecular weight excluding hydrogens is 224 g/mol. The lowest BCUT2D eigenvalue weighted by Crippen LogP contribution is -2.41. The highest BCUT2D eigenvalue weighted by Gasteiger charge is 2.25. The van der Waals surface area contributed by atoms with E-state index in [0.717, 1.165) is 25.5 Å². The summed E-state index contributed by atoms with van der Waals surface area (Å²) in [5.41, 5.74) is 0. The summed E-state index contributed by atoms with van der Waals surface area (Å²) in [4.78, 5) is 6.75. The van der Waals surface area contributed by atoms with Crippen molar-refractivity contribution in [1.82, 2.24) is 19.7 Å². The molecule has 1 saturated carbocycles. The normalized spacial score (nSPS) is 16.7. The molecule has 90 valence electrons. The summed E-state index contributed by atoms with van der Waals surface area (Å²) in [6.07, 6.45) is 5.59. The van der Waals surface area contributed by atoms with Crippen LogP contribution in [-0.4, -0.2) is 38.1 Å². The van der Waals surface area contributed by atoms with Gasteiger partial charge in [0.05, 0.1) is 6.54 Å². The summed E-state index contributed by atoms with van der Waals surface area (Å²) < 4.78 is 1.96. The van der Waals surface area contributed by atoms with Gasteiger partial charge in [0, 0.05) is 25.0 Å². The molecule has 1 heterocycles. The van der Waals surface area contributed by atoms with Gasteiger partial charge in [-0.25, -0.2) is 9.67 Å². The number of aryl methyl sites for hydroxylation is 1. The smallest absolute Gasteiger partial charge is 0.141 e. The zero-order valence-electron chi connectivity index (χ0n) is 9.77. The molecule has 5 heteroatoms. The fourth-order valence-electron chi connectivity index (χ4n) is 2.11. The Kier molecular flexibility index (Phi) is 4.18. The van der Waals surface area contributed by atoms with E-state index in [0.29, 0.717) is 11.9 Å². The average Bonchev–Trinajstić information content (AvgIpc) is 2.63. The molecule has 1 aliphatic rings. The van der Waals surface area contributed by atoms with Crippen molar-refractivity contribution in [3.05, 3.63) is 12.2 Å². The van der Waals surface area contributed by atoms with Crippen molar-refractivity contribution in [3.8, 4) is 0 Å². The van der Waals surface area contributed by atoms with Crippen LogP contribution in [0.2, 0.25) is 0 Å². The van der Waals surface area contributed by atoms with Crippen LogP contribution < -0.4 is 0 Å². The molecule has 0 aliphatic heterocycles. The highest BCUT2D eigenvalue weighted by atomic mass is 35.5. The molecule has 0 unspecified atom stereocenters. The van der Waals surface area contributed by atoms with Gasteiger partial charge in [-0.05, 0) is 19.8 Å². The predicted molar refractivity (Wildman–Crippen MR) is 64.5 cm³/mol. The molecular formula is C11H19ClN4. The van der Waals surface area contributed by atoms with Gasteiger partial charge in [-0.2, -0.15) is 5.10 Å². The lowest BCUT2D eigenvalue weighted by molar-refractivity contribution is 0.122. The first-order chi connectivity index (χ1) is 7.85. The summed E-state index contributed by atoms with van der Waals surface area (Å²) in [5.74, 6) is 1.75. The minimum absolute atomic E-state index is 0.691. The standard InChI is InChI=1S/C11H19ClN4/c1-2-16-11(13-9-14-16)8-15(7-6-12)10-4-3-5-10/h9-10H,2-8H2,1H3. The molecule has 1 aliphatic carbocycles. The third kappa shape index (κ3) is 2.55. The topological polar surface area (TPSA) is 34.0 Å². The molecule has 0 N–H and O–H groups in total. The molecule has 1 aromatic heterocycles. The lowest BCUT2D eigenvalue weighted by atomic mass is 9.91. The molecule has 0 spiro atoms. The third-order valence-electron chi connectivity index (χ3n) is 3.30. The van der Waals surface area contributed by atoms with E-state index in [9.17, 15) is 0 Å². The van der Waals surface area contributed by atoms with Crippen molar-refractivity contribution in [3.63, 3.8) is 0 Å². The second kappa shape index (κ2) is 5.64. The van der Waals surface area contributed by atoms with E-state index >= 15 is 0 Å². The highest BCUT2D eigenvalue weighted by Crippen LogP contribution is 2.25. The maximum absolute atomic E-state index is 5.85. The Balaban J connectivity index is 1.98. The van der Waals surface area contributed by atoms with E-state index < -0.39 is 0 Å². The Hall–Kier alpha value is -0.610. The van der Waals surface area contributed by atoms with Crippen LogP contribution in [0.3, 0.4) is 0 Å². The summed E-state index contributed by atoms with van der Waals surface area (Å²) >= 11 is 5.85. The molecule has 0 amide bonds. The monoisotopic (exact) mass is 242 g/mol. The van der Waals surface area contributed by atoms with Gasteiger partial charge in [-0.3, -0.25) is 4.90 Å². The SMILES string of the molecule is CCn1ncnc1CN(CCCl)C1CCC1. The van der Waals surface area contributed by atoms with Crippen LogP contribution in [0.1, 0.15) is 32.0 Å². The molecule has 1 aromatic rings. The van der Waals surface area contributed by atoms with Gasteiger partial charge in [0.25, 0.3) is 0 Å². The largest absolute Gasteiger partial charge is 0.292 e. The van der Waals surface area contributed by atoms with E-state index in [1.807, 2.05) is 4.68 Å². The van der Waals surface area contributed by atoms with Gasteiger partial charge in [0.15, 0.2) is 0 Å². The van der Waals surface area contributed by atoms with Crippen molar-refractivity contribution >= 4 is 11.6 Å². The highest BCUT2D eigenvalue weighted by molar-refractivity contribution is 6.18. The number of alkyl halides is 1. The van der Waals surface area contributed by atoms with Gasteiger partial charge in [0.2, 0.25) is 0 Å². The van der Waals surface area contributed by atoms with Crippen LogP contribution in [0.25, 0.3) is 0 Å². The first-order valence-electron chi connectivity index (χ1n) is 6.01. The summed E-state index contributed by atoms with van der Waals surface area (Å²) in [6, 6.07) is 0.709. The summed E-state index contributed by atoms with van der Waals surface area (Å²) in [5, 5.41) is 4.20. The maximum atomic E-state index is 5.85. The second-order valence-corrected chi connectivity index (χ2v) is 4.61. The second-order valence-electron chi connectivity index (χ2n) is 4.24. The zero-order valence-corrected chi connectivity index (χ0v) is 10.5. The van der Waals surface area contributed by atoms with Crippen molar-refractivity contribution in [1.29, 1.82) is 0 Å². The van der Waals surface area contributed by atoms with Gasteiger partial charge >= 0.3 is 0 Å². The maximum Gasteiger partial charge on any atom is 0.141 e. The Morgan fingerprint density at radius 2 is 2.38 bits per heavy atom. The van der Waals surface area contributed by atoms with E-state index in [2.05, 4.69) is 21.9 Å². The van der Waals surface area contributed by atoms with Crippen molar-refractivity contribution in [2.24, 2.45) is 0 Å². The molecule has 4 nitrogen and oxygen atoms in total. The number of hydrogen-bond donors (Lipinski definition) is 0. The van der Waals surface area contributed by atoms with Crippen molar-refractivity contribution in [2.45, 2.75) is 45.3 Å². The molecule has 2 rings (SSSR count). The number of rotatable bonds is 6. The van der Waals surface area contributed by atoms with Crippen LogP contribution >= 0.6 is 11.6 Å². The molecule has 0 bridgehead atoms. The summed E-state index contributed by atoms with van der Waals surface area (Å²) in [6.45, 7) is 4.80. The Bertz CT molecular complexity index is 322. The van der Waals surface area contributed by atoms with Crippen molar-refractivity contribution < 1.29 is 0 Å². The Morgan fingerprint density at radius 3 is 2.94 bits per heavy atom. The molecule has 0 atom stereocenters. The third-order valence-corrected chi connectivity index (χ3v) is 3.47. The minimum atomic E-state index is 0.691. The molecule has 0 saturated heterocycles. The fourth-order valence-corrected chi connectivity index (χ4v) is 2.32. The van der Waals surface area contributed by atoms with Crippen LogP contribution in [0.5, 0.6) is 0 Å². The Morgan fingerprint density at radius 1 is 1.56 bits per heavy atom. The number of aromatic nitrogens is 3. The first kappa shape index (κ1) is 11.9. The van der Waals surface area contributed by atoms with Crippen molar-refractivity contribution in [2.75, 3.05) is 12.4 Å². The van der Waals surface area contributed by atoms with Gasteiger partial charge in [-0.15, -0.1) is 11.6 Å². The van der Waals surface area contributed by atoms with E-state index in [4.69, 9.17) is 11.6 Å².